The molecule has 7 heteroatoms. The highest BCUT2D eigenvalue weighted by Crippen LogP contribution is 2.40. The molecule has 0 heterocycles. The molecule has 1 amide bonds. The molecule has 0 saturated heterocycles. The first kappa shape index (κ1) is 22.7. The van der Waals surface area contributed by atoms with E-state index in [4.69, 9.17) is 14.2 Å². The largest absolute Gasteiger partial charge is 0.493 e. The van der Waals surface area contributed by atoms with Crippen molar-refractivity contribution < 1.29 is 23.8 Å². The van der Waals surface area contributed by atoms with Crippen molar-refractivity contribution in [2.45, 2.75) is 13.0 Å². The minimum absolute atomic E-state index is 0.0729. The van der Waals surface area contributed by atoms with E-state index < -0.39 is 6.04 Å². The summed E-state index contributed by atoms with van der Waals surface area (Å²) in [6.45, 7) is 1.49. The van der Waals surface area contributed by atoms with E-state index in [1.807, 2.05) is 30.3 Å². The molecule has 3 rings (SSSR count). The Morgan fingerprint density at radius 3 is 2.00 bits per heavy atom. The second-order valence-corrected chi connectivity index (χ2v) is 7.03. The van der Waals surface area contributed by atoms with Crippen molar-refractivity contribution in [2.24, 2.45) is 0 Å². The molecule has 0 aliphatic rings. The molecule has 0 spiro atoms. The Kier molecular flexibility index (Phi) is 7.33. The van der Waals surface area contributed by atoms with Gasteiger partial charge in [0, 0.05) is 29.1 Å². The van der Waals surface area contributed by atoms with Crippen LogP contribution in [0.4, 0.5) is 11.4 Å². The van der Waals surface area contributed by atoms with Crippen molar-refractivity contribution in [3.05, 3.63) is 77.9 Å². The molecular formula is C25H26N2O5. The molecule has 0 saturated carbocycles. The second-order valence-electron chi connectivity index (χ2n) is 7.03. The van der Waals surface area contributed by atoms with Gasteiger partial charge in [0.2, 0.25) is 5.75 Å². The lowest BCUT2D eigenvalue weighted by atomic mass is 10.0. The summed E-state index contributed by atoms with van der Waals surface area (Å²) in [5.74, 6) is 1.04. The number of nitrogens with one attached hydrogen (secondary N) is 2. The Labute approximate surface area is 187 Å². The number of carbonyl (C=O) groups is 2. The van der Waals surface area contributed by atoms with E-state index >= 15 is 0 Å². The first-order chi connectivity index (χ1) is 15.5. The van der Waals surface area contributed by atoms with E-state index in [2.05, 4.69) is 10.6 Å². The minimum Gasteiger partial charge on any atom is -0.493 e. The maximum Gasteiger partial charge on any atom is 0.251 e. The highest BCUT2D eigenvalue weighted by molar-refractivity contribution is 5.99. The van der Waals surface area contributed by atoms with Gasteiger partial charge in [-0.1, -0.05) is 42.5 Å². The standard InChI is InChI=1S/C25H26N2O5/c1-16(28)18-11-8-12-19(13-18)27-25(29)23(17-9-6-5-7-10-17)26-20-14-21(30-2)24(32-4)22(15-20)31-3/h5-15,23,26H,1-4H3,(H,27,29)/t23-/m0/s1. The van der Waals surface area contributed by atoms with Crippen molar-refractivity contribution in [3.63, 3.8) is 0 Å². The molecule has 1 atom stereocenters. The fourth-order valence-corrected chi connectivity index (χ4v) is 3.31. The third-order valence-corrected chi connectivity index (χ3v) is 4.91. The van der Waals surface area contributed by atoms with Gasteiger partial charge in [-0.3, -0.25) is 9.59 Å². The van der Waals surface area contributed by atoms with Crippen LogP contribution in [0.15, 0.2) is 66.7 Å². The minimum atomic E-state index is -0.722. The number of amides is 1. The van der Waals surface area contributed by atoms with Crippen LogP contribution in [0.5, 0.6) is 17.2 Å². The predicted molar refractivity (Wildman–Crippen MR) is 124 cm³/mol. The van der Waals surface area contributed by atoms with E-state index in [1.54, 1.807) is 36.4 Å². The first-order valence-electron chi connectivity index (χ1n) is 10.00. The van der Waals surface area contributed by atoms with E-state index in [-0.39, 0.29) is 11.7 Å². The lowest BCUT2D eigenvalue weighted by Crippen LogP contribution is -2.27. The van der Waals surface area contributed by atoms with Crippen LogP contribution in [-0.4, -0.2) is 33.0 Å². The quantitative estimate of drug-likeness (QED) is 0.475. The third kappa shape index (κ3) is 5.18. The van der Waals surface area contributed by atoms with Gasteiger partial charge in [-0.2, -0.15) is 0 Å². The summed E-state index contributed by atoms with van der Waals surface area (Å²) >= 11 is 0. The zero-order valence-electron chi connectivity index (χ0n) is 18.5. The number of carbonyl (C=O) groups excluding carboxylic acids is 2. The summed E-state index contributed by atoms with van der Waals surface area (Å²) < 4.78 is 16.2. The average molecular weight is 434 g/mol. The van der Waals surface area contributed by atoms with Crippen LogP contribution in [0, 0.1) is 0 Å². The molecule has 0 aromatic heterocycles. The van der Waals surface area contributed by atoms with Gasteiger partial charge < -0.3 is 24.8 Å². The van der Waals surface area contributed by atoms with E-state index in [9.17, 15) is 9.59 Å². The topological polar surface area (TPSA) is 85.9 Å². The average Bonchev–Trinajstić information content (AvgIpc) is 2.82. The summed E-state index contributed by atoms with van der Waals surface area (Å²) in [5, 5.41) is 6.15. The van der Waals surface area contributed by atoms with E-state index in [0.717, 1.165) is 5.56 Å². The maximum absolute atomic E-state index is 13.3. The maximum atomic E-state index is 13.3. The van der Waals surface area contributed by atoms with Crippen LogP contribution >= 0.6 is 0 Å². The van der Waals surface area contributed by atoms with Gasteiger partial charge >= 0.3 is 0 Å². The molecule has 0 aliphatic carbocycles. The molecule has 0 radical (unpaired) electrons. The fraction of sp³-hybridized carbons (Fsp3) is 0.200. The van der Waals surface area contributed by atoms with Gasteiger partial charge in [0.25, 0.3) is 5.91 Å². The summed E-state index contributed by atoms with van der Waals surface area (Å²) in [7, 11) is 4.60. The summed E-state index contributed by atoms with van der Waals surface area (Å²) in [4.78, 5) is 25.0. The fourth-order valence-electron chi connectivity index (χ4n) is 3.31. The normalized spacial score (nSPS) is 11.2. The van der Waals surface area contributed by atoms with Crippen molar-refractivity contribution in [1.82, 2.24) is 0 Å². The Bertz CT molecular complexity index is 1070. The molecule has 2 N–H and O–H groups in total. The number of ether oxygens (including phenoxy) is 3. The van der Waals surface area contributed by atoms with Crippen LogP contribution < -0.4 is 24.8 Å². The smallest absolute Gasteiger partial charge is 0.251 e. The Morgan fingerprint density at radius 2 is 1.44 bits per heavy atom. The number of hydrogen-bond acceptors (Lipinski definition) is 6. The monoisotopic (exact) mass is 434 g/mol. The van der Waals surface area contributed by atoms with Crippen molar-refractivity contribution in [3.8, 4) is 17.2 Å². The van der Waals surface area contributed by atoms with Crippen LogP contribution in [0.3, 0.4) is 0 Å². The molecule has 166 valence electrons. The highest BCUT2D eigenvalue weighted by atomic mass is 16.5. The number of ketones is 1. The molecular weight excluding hydrogens is 408 g/mol. The molecule has 0 unspecified atom stereocenters. The molecule has 32 heavy (non-hydrogen) atoms. The SMILES string of the molecule is COc1cc(N[C@H](C(=O)Nc2cccc(C(C)=O)c2)c2ccccc2)cc(OC)c1OC. The Morgan fingerprint density at radius 1 is 0.781 bits per heavy atom. The molecule has 3 aromatic rings. The lowest BCUT2D eigenvalue weighted by molar-refractivity contribution is -0.117. The van der Waals surface area contributed by atoms with E-state index in [0.29, 0.717) is 34.2 Å². The molecule has 0 aliphatic heterocycles. The van der Waals surface area contributed by atoms with Crippen LogP contribution in [-0.2, 0) is 4.79 Å². The van der Waals surface area contributed by atoms with E-state index in [1.165, 1.54) is 28.3 Å². The van der Waals surface area contributed by atoms with Crippen LogP contribution in [0.1, 0.15) is 28.9 Å². The first-order valence-corrected chi connectivity index (χ1v) is 10.00. The second kappa shape index (κ2) is 10.3. The van der Waals surface area contributed by atoms with Crippen LogP contribution in [0.25, 0.3) is 0 Å². The van der Waals surface area contributed by atoms with Crippen molar-refractivity contribution in [1.29, 1.82) is 0 Å². The number of hydrogen-bond donors (Lipinski definition) is 2. The van der Waals surface area contributed by atoms with Crippen molar-refractivity contribution >= 4 is 23.1 Å². The highest BCUT2D eigenvalue weighted by Gasteiger charge is 2.23. The van der Waals surface area contributed by atoms with Gasteiger partial charge in [-0.05, 0) is 24.6 Å². The number of Topliss-reactive ketones (excluding diaryl/α,β-unsaturated/α-hetero) is 1. The molecule has 0 bridgehead atoms. The Balaban J connectivity index is 1.95. The lowest BCUT2D eigenvalue weighted by Gasteiger charge is -2.22. The van der Waals surface area contributed by atoms with Crippen LogP contribution in [0.2, 0.25) is 0 Å². The third-order valence-electron chi connectivity index (χ3n) is 4.91. The van der Waals surface area contributed by atoms with Gasteiger partial charge in [0.1, 0.15) is 6.04 Å². The molecule has 7 nitrogen and oxygen atoms in total. The zero-order chi connectivity index (χ0) is 23.1. The summed E-state index contributed by atoms with van der Waals surface area (Å²) in [6, 6.07) is 18.9. The number of rotatable bonds is 9. The predicted octanol–water partition coefficient (Wildman–Crippen LogP) is 4.71. The molecule has 0 fully saturated rings. The van der Waals surface area contributed by atoms with Gasteiger partial charge in [-0.15, -0.1) is 0 Å². The van der Waals surface area contributed by atoms with Gasteiger partial charge in [-0.25, -0.2) is 0 Å². The van der Waals surface area contributed by atoms with Gasteiger partial charge in [0.15, 0.2) is 17.3 Å². The molecule has 3 aromatic carbocycles. The Hall–Kier alpha value is -4.00. The number of anilines is 2. The van der Waals surface area contributed by atoms with Gasteiger partial charge in [0.05, 0.1) is 21.3 Å². The summed E-state index contributed by atoms with van der Waals surface area (Å²) in [5.41, 5.74) is 2.44. The number of benzene rings is 3. The number of methoxy groups -OCH3 is 3. The zero-order valence-corrected chi connectivity index (χ0v) is 18.5. The summed E-state index contributed by atoms with van der Waals surface area (Å²) in [6.07, 6.45) is 0. The van der Waals surface area contributed by atoms with Crippen molar-refractivity contribution in [2.75, 3.05) is 32.0 Å².